The Morgan fingerprint density at radius 1 is 1.30 bits per heavy atom. The van der Waals surface area contributed by atoms with Crippen molar-refractivity contribution in [3.05, 3.63) is 30.1 Å². The summed E-state index contributed by atoms with van der Waals surface area (Å²) in [7, 11) is 0. The molecule has 0 atom stereocenters. The first-order chi connectivity index (χ1) is 3.93. The maximum Gasteiger partial charge on any atom is 1.00 e. The molecule has 0 bridgehead atoms. The van der Waals surface area contributed by atoms with Gasteiger partial charge in [-0.25, -0.2) is 0 Å². The normalized spacial score (nSPS) is 6.30. The third kappa shape index (κ3) is 3.59. The Kier molecular flexibility index (Phi) is 8.26. The van der Waals surface area contributed by atoms with Crippen LogP contribution >= 0.6 is 0 Å². The zero-order valence-corrected chi connectivity index (χ0v) is 7.65. The minimum Gasteiger partial charge on any atom is -0.870 e. The van der Waals surface area contributed by atoms with E-state index in [0.717, 1.165) is 0 Å². The second kappa shape index (κ2) is 6.72. The zero-order valence-electron chi connectivity index (χ0n) is 5.65. The van der Waals surface area contributed by atoms with Crippen LogP contribution in [-0.2, 0) is 0 Å². The van der Waals surface area contributed by atoms with Gasteiger partial charge in [0.1, 0.15) is 0 Å². The third-order valence-corrected chi connectivity index (χ3v) is 0.809. The Morgan fingerprint density at radius 2 is 1.80 bits per heavy atom. The van der Waals surface area contributed by atoms with E-state index < -0.39 is 0 Å². The largest absolute Gasteiger partial charge is 1.00 e. The van der Waals surface area contributed by atoms with Gasteiger partial charge in [-0.15, -0.1) is 0 Å². The van der Waals surface area contributed by atoms with Gasteiger partial charge in [-0.3, -0.25) is 4.98 Å². The molecule has 0 fully saturated rings. The van der Waals surface area contributed by atoms with Crippen LogP contribution in [0.5, 0.6) is 0 Å². The van der Waals surface area contributed by atoms with E-state index >= 15 is 0 Å². The second-order valence-corrected chi connectivity index (χ2v) is 1.35. The van der Waals surface area contributed by atoms with Crippen molar-refractivity contribution in [2.24, 2.45) is 0 Å². The van der Waals surface area contributed by atoms with E-state index in [9.17, 15) is 0 Å². The first kappa shape index (κ1) is 12.3. The van der Waals surface area contributed by atoms with Crippen molar-refractivity contribution in [3.63, 3.8) is 0 Å². The van der Waals surface area contributed by atoms with E-state index in [2.05, 4.69) is 4.98 Å². The summed E-state index contributed by atoms with van der Waals surface area (Å²) in [6.45, 7) is 0. The number of aromatic nitrogens is 1. The van der Waals surface area contributed by atoms with E-state index in [1.807, 2.05) is 6.07 Å². The summed E-state index contributed by atoms with van der Waals surface area (Å²) in [5.74, 6) is 0. The van der Waals surface area contributed by atoms with Crippen LogP contribution in [0.1, 0.15) is 5.56 Å². The van der Waals surface area contributed by atoms with Crippen LogP contribution in [0.25, 0.3) is 0 Å². The van der Waals surface area contributed by atoms with E-state index in [4.69, 9.17) is 5.26 Å². The van der Waals surface area contributed by atoms with Crippen molar-refractivity contribution >= 4 is 0 Å². The fraction of sp³-hybridized carbons (Fsp3) is 0. The molecule has 4 heteroatoms. The molecule has 0 radical (unpaired) electrons. The number of pyridine rings is 1. The number of hydrogen-bond acceptors (Lipinski definition) is 3. The van der Waals surface area contributed by atoms with Crippen molar-refractivity contribution < 1.29 is 35.0 Å². The minimum atomic E-state index is 0. The van der Waals surface area contributed by atoms with Crippen LogP contribution in [0.4, 0.5) is 0 Å². The number of hydrogen-bond donors (Lipinski definition) is 0. The van der Waals surface area contributed by atoms with E-state index in [0.29, 0.717) is 5.56 Å². The van der Waals surface area contributed by atoms with E-state index in [-0.39, 0.29) is 35.0 Å². The molecule has 0 unspecified atom stereocenters. The molecular formula is C6H5N2NaO. The third-order valence-electron chi connectivity index (χ3n) is 0.809. The minimum absolute atomic E-state index is 0. The maximum absolute atomic E-state index is 8.26. The summed E-state index contributed by atoms with van der Waals surface area (Å²) in [6, 6.07) is 5.32. The van der Waals surface area contributed by atoms with Crippen LogP contribution in [0.2, 0.25) is 0 Å². The predicted molar refractivity (Wildman–Crippen MR) is 30.9 cm³/mol. The molecule has 1 rings (SSSR count). The molecule has 0 saturated heterocycles. The van der Waals surface area contributed by atoms with Crippen LogP contribution in [0, 0.1) is 11.3 Å². The fourth-order valence-corrected chi connectivity index (χ4v) is 0.426. The Bertz CT molecular complexity index is 207. The van der Waals surface area contributed by atoms with Crippen LogP contribution in [0.3, 0.4) is 0 Å². The molecule has 0 spiro atoms. The molecule has 0 saturated carbocycles. The number of nitriles is 1. The smallest absolute Gasteiger partial charge is 0.870 e. The van der Waals surface area contributed by atoms with Gasteiger partial charge in [0.05, 0.1) is 11.6 Å². The fourth-order valence-electron chi connectivity index (χ4n) is 0.426. The van der Waals surface area contributed by atoms with Crippen molar-refractivity contribution in [3.8, 4) is 6.07 Å². The molecular weight excluding hydrogens is 139 g/mol. The van der Waals surface area contributed by atoms with Gasteiger partial charge in [0.25, 0.3) is 0 Å². The molecule has 1 aromatic rings. The van der Waals surface area contributed by atoms with Gasteiger partial charge in [0.2, 0.25) is 0 Å². The molecule has 10 heavy (non-hydrogen) atoms. The van der Waals surface area contributed by atoms with Gasteiger partial charge in [0, 0.05) is 12.4 Å². The standard InChI is InChI=1S/C6H4N2.Na.H2O/c7-5-6-1-3-8-4-2-6;;/h1-4H;;1H2/q;+1;/p-1. The quantitative estimate of drug-likeness (QED) is 0.387. The van der Waals surface area contributed by atoms with E-state index in [1.54, 1.807) is 24.5 Å². The monoisotopic (exact) mass is 144 g/mol. The Labute approximate surface area is 81.3 Å². The Hall–Kier alpha value is -0.400. The SMILES string of the molecule is N#Cc1ccncc1.[Na+].[OH-]. The van der Waals surface area contributed by atoms with Crippen LogP contribution < -0.4 is 29.6 Å². The topological polar surface area (TPSA) is 66.7 Å². The summed E-state index contributed by atoms with van der Waals surface area (Å²) in [4.78, 5) is 3.74. The summed E-state index contributed by atoms with van der Waals surface area (Å²) < 4.78 is 0. The average molecular weight is 144 g/mol. The van der Waals surface area contributed by atoms with Gasteiger partial charge in [-0.05, 0) is 12.1 Å². The molecule has 0 aromatic carbocycles. The predicted octanol–water partition coefficient (Wildman–Crippen LogP) is -2.22. The van der Waals surface area contributed by atoms with Crippen molar-refractivity contribution in [2.45, 2.75) is 0 Å². The summed E-state index contributed by atoms with van der Waals surface area (Å²) >= 11 is 0. The maximum atomic E-state index is 8.26. The van der Waals surface area contributed by atoms with Crippen molar-refractivity contribution in [1.82, 2.24) is 4.98 Å². The van der Waals surface area contributed by atoms with Crippen molar-refractivity contribution in [2.75, 3.05) is 0 Å². The molecule has 1 N–H and O–H groups in total. The first-order valence-electron chi connectivity index (χ1n) is 2.23. The van der Waals surface area contributed by atoms with Gasteiger partial charge in [-0.1, -0.05) is 0 Å². The molecule has 3 nitrogen and oxygen atoms in total. The van der Waals surface area contributed by atoms with Crippen molar-refractivity contribution in [1.29, 1.82) is 5.26 Å². The molecule has 46 valence electrons. The molecule has 0 aliphatic heterocycles. The van der Waals surface area contributed by atoms with Crippen LogP contribution in [0.15, 0.2) is 24.5 Å². The molecule has 0 aliphatic carbocycles. The molecule has 1 aromatic heterocycles. The molecule has 0 aliphatic rings. The van der Waals surface area contributed by atoms with E-state index in [1.165, 1.54) is 0 Å². The summed E-state index contributed by atoms with van der Waals surface area (Å²) in [5, 5.41) is 8.26. The zero-order chi connectivity index (χ0) is 5.82. The van der Waals surface area contributed by atoms with Gasteiger partial charge < -0.3 is 5.48 Å². The van der Waals surface area contributed by atoms with Crippen LogP contribution in [-0.4, -0.2) is 10.5 Å². The van der Waals surface area contributed by atoms with Gasteiger partial charge in [0.15, 0.2) is 0 Å². The second-order valence-electron chi connectivity index (χ2n) is 1.35. The van der Waals surface area contributed by atoms with Gasteiger partial charge >= 0.3 is 29.6 Å². The van der Waals surface area contributed by atoms with Gasteiger partial charge in [-0.2, -0.15) is 5.26 Å². The number of rotatable bonds is 0. The molecule has 1 heterocycles. The number of nitrogens with zero attached hydrogens (tertiary/aromatic N) is 2. The average Bonchev–Trinajstić information content (AvgIpc) is 1.90. The Balaban J connectivity index is 0. The summed E-state index contributed by atoms with van der Waals surface area (Å²) in [5.41, 5.74) is 0.653. The molecule has 0 amide bonds. The first-order valence-corrected chi connectivity index (χ1v) is 2.23. The Morgan fingerprint density at radius 3 is 2.10 bits per heavy atom. The summed E-state index contributed by atoms with van der Waals surface area (Å²) in [6.07, 6.45) is 3.19.